The van der Waals surface area contributed by atoms with Crippen molar-refractivity contribution in [1.82, 2.24) is 4.90 Å². The predicted molar refractivity (Wildman–Crippen MR) is 118 cm³/mol. The molecular weight excluding hydrogens is 470 g/mol. The summed E-state index contributed by atoms with van der Waals surface area (Å²) < 4.78 is 55.9. The quantitative estimate of drug-likeness (QED) is 0.641. The average molecular weight is 490 g/mol. The molecule has 0 aromatic heterocycles. The Kier molecular flexibility index (Phi) is 6.25. The van der Waals surface area contributed by atoms with E-state index < -0.39 is 25.9 Å². The zero-order valence-corrected chi connectivity index (χ0v) is 19.6. The van der Waals surface area contributed by atoms with Crippen molar-refractivity contribution in [2.75, 3.05) is 19.8 Å². The number of halogens is 1. The van der Waals surface area contributed by atoms with Crippen LogP contribution in [0.5, 0.6) is 0 Å². The van der Waals surface area contributed by atoms with Gasteiger partial charge in [0.15, 0.2) is 10.9 Å². The number of nitrogens with zero attached hydrogens (tertiary/aromatic N) is 2. The number of benzene rings is 2. The lowest BCUT2D eigenvalue weighted by Gasteiger charge is -2.35. The summed E-state index contributed by atoms with van der Waals surface area (Å²) >= 11 is 7.29. The number of hydrogen-bond donors (Lipinski definition) is 1. The van der Waals surface area contributed by atoms with E-state index in [1.807, 2.05) is 6.92 Å². The number of hydrogen-bond acceptors (Lipinski definition) is 7. The van der Waals surface area contributed by atoms with Crippen LogP contribution in [0.1, 0.15) is 11.1 Å². The number of aliphatic imine (C=N–C) groups is 1. The maximum atomic E-state index is 13.1. The first-order valence-corrected chi connectivity index (χ1v) is 12.9. The van der Waals surface area contributed by atoms with E-state index in [1.165, 1.54) is 42.1 Å². The molecule has 8 nitrogen and oxygen atoms in total. The maximum absolute atomic E-state index is 13.1. The number of rotatable bonds is 5. The minimum absolute atomic E-state index is 0.0200. The van der Waals surface area contributed by atoms with Gasteiger partial charge in [0.25, 0.3) is 10.1 Å². The van der Waals surface area contributed by atoms with E-state index in [2.05, 4.69) is 4.99 Å². The summed E-state index contributed by atoms with van der Waals surface area (Å²) in [5.74, 6) is 0.146. The second-order valence-electron chi connectivity index (χ2n) is 6.68. The van der Waals surface area contributed by atoms with E-state index in [4.69, 9.17) is 20.9 Å². The maximum Gasteiger partial charge on any atom is 0.299 e. The highest BCUT2D eigenvalue weighted by Gasteiger charge is 2.49. The lowest BCUT2D eigenvalue weighted by Crippen LogP contribution is -2.46. The smallest absolute Gasteiger partial charge is 0.299 e. The predicted octanol–water partition coefficient (Wildman–Crippen LogP) is 2.52. The molecule has 2 aromatic carbocycles. The monoisotopic (exact) mass is 489 g/mol. The molecule has 1 aliphatic heterocycles. The summed E-state index contributed by atoms with van der Waals surface area (Å²) in [5, 5.41) is 5.73. The van der Waals surface area contributed by atoms with Crippen LogP contribution in [-0.4, -0.2) is 46.8 Å². The highest BCUT2D eigenvalue weighted by molar-refractivity contribution is 8.14. The molecule has 0 bridgehead atoms. The molecule has 1 saturated heterocycles. The Labute approximate surface area is 185 Å². The minimum atomic E-state index is -4.21. The van der Waals surface area contributed by atoms with E-state index in [-0.39, 0.29) is 26.1 Å². The third-order valence-electron chi connectivity index (χ3n) is 4.66. The number of amidine groups is 1. The molecule has 0 amide bonds. The summed E-state index contributed by atoms with van der Waals surface area (Å²) in [6.07, 6.45) is 0. The van der Waals surface area contributed by atoms with Gasteiger partial charge in [0, 0.05) is 19.7 Å². The third-order valence-corrected chi connectivity index (χ3v) is 8.65. The zero-order chi connectivity index (χ0) is 22.3. The normalized spacial score (nSPS) is 21.4. The lowest BCUT2D eigenvalue weighted by atomic mass is 10.0. The SMILES string of the molecule is CN=C1SCC(OS(=O)(=O)c2ccc(C)cc2)(c2ccc(Cl)c(S(N)(=O)=O)c2)N1C. The molecule has 0 aliphatic carbocycles. The largest absolute Gasteiger partial charge is 0.321 e. The Balaban J connectivity index is 2.18. The van der Waals surface area contributed by atoms with E-state index in [9.17, 15) is 16.8 Å². The first kappa shape index (κ1) is 23.0. The number of nitrogens with two attached hydrogens (primary N) is 1. The van der Waals surface area contributed by atoms with Crippen LogP contribution in [0, 0.1) is 6.92 Å². The highest BCUT2D eigenvalue weighted by atomic mass is 35.5. The van der Waals surface area contributed by atoms with E-state index in [0.29, 0.717) is 5.17 Å². The average Bonchev–Trinajstić information content (AvgIpc) is 2.97. The molecule has 2 aromatic rings. The molecule has 2 N–H and O–H groups in total. The molecule has 12 heteroatoms. The molecule has 30 heavy (non-hydrogen) atoms. The van der Waals surface area contributed by atoms with Crippen LogP contribution in [0.2, 0.25) is 5.02 Å². The van der Waals surface area contributed by atoms with Crippen LogP contribution in [0.3, 0.4) is 0 Å². The third kappa shape index (κ3) is 4.23. The van der Waals surface area contributed by atoms with Crippen molar-refractivity contribution in [2.45, 2.75) is 22.4 Å². The van der Waals surface area contributed by atoms with Gasteiger partial charge >= 0.3 is 0 Å². The first-order chi connectivity index (χ1) is 13.9. The molecule has 3 rings (SSSR count). The number of thioether (sulfide) groups is 1. The van der Waals surface area contributed by atoms with Crippen molar-refractivity contribution in [1.29, 1.82) is 0 Å². The topological polar surface area (TPSA) is 119 Å². The van der Waals surface area contributed by atoms with Crippen LogP contribution in [0.4, 0.5) is 0 Å². The summed E-state index contributed by atoms with van der Waals surface area (Å²) in [6, 6.07) is 10.3. The lowest BCUT2D eigenvalue weighted by molar-refractivity contribution is -0.00151. The van der Waals surface area contributed by atoms with Gasteiger partial charge in [-0.2, -0.15) is 8.42 Å². The highest BCUT2D eigenvalue weighted by Crippen LogP contribution is 2.44. The van der Waals surface area contributed by atoms with Gasteiger partial charge in [-0.25, -0.2) is 17.7 Å². The fourth-order valence-electron chi connectivity index (χ4n) is 3.03. The van der Waals surface area contributed by atoms with Gasteiger partial charge in [-0.1, -0.05) is 47.1 Å². The Bertz CT molecular complexity index is 1210. The van der Waals surface area contributed by atoms with Crippen molar-refractivity contribution in [3.05, 3.63) is 58.6 Å². The fourth-order valence-corrected chi connectivity index (χ4v) is 6.58. The van der Waals surface area contributed by atoms with Crippen molar-refractivity contribution < 1.29 is 21.0 Å². The van der Waals surface area contributed by atoms with Crippen LogP contribution in [0.25, 0.3) is 0 Å². The zero-order valence-electron chi connectivity index (χ0n) is 16.4. The van der Waals surface area contributed by atoms with E-state index in [1.54, 1.807) is 31.1 Å². The van der Waals surface area contributed by atoms with Crippen molar-refractivity contribution in [3.63, 3.8) is 0 Å². The van der Waals surface area contributed by atoms with Crippen LogP contribution in [-0.2, 0) is 30.0 Å². The Morgan fingerprint density at radius 3 is 2.33 bits per heavy atom. The molecule has 0 spiro atoms. The Hall–Kier alpha value is -1.63. The first-order valence-electron chi connectivity index (χ1n) is 8.59. The molecule has 162 valence electrons. The summed E-state index contributed by atoms with van der Waals surface area (Å²) in [5.41, 5.74) is -0.388. The fraction of sp³-hybridized carbons (Fsp3) is 0.278. The molecule has 1 fully saturated rings. The number of sulfonamides is 1. The van der Waals surface area contributed by atoms with Gasteiger partial charge in [0.05, 0.1) is 15.7 Å². The summed E-state index contributed by atoms with van der Waals surface area (Å²) in [6.45, 7) is 1.84. The van der Waals surface area contributed by atoms with Crippen LogP contribution < -0.4 is 5.14 Å². The second-order valence-corrected chi connectivity index (χ2v) is 11.1. The van der Waals surface area contributed by atoms with Gasteiger partial charge in [-0.05, 0) is 31.2 Å². The van der Waals surface area contributed by atoms with Crippen LogP contribution in [0.15, 0.2) is 57.2 Å². The van der Waals surface area contributed by atoms with Crippen LogP contribution >= 0.6 is 23.4 Å². The summed E-state index contributed by atoms with van der Waals surface area (Å²) in [7, 11) is -5.16. The Morgan fingerprint density at radius 1 is 1.17 bits per heavy atom. The number of aryl methyl sites for hydroxylation is 1. The second kappa shape index (κ2) is 8.13. The van der Waals surface area contributed by atoms with Gasteiger partial charge in [0.2, 0.25) is 10.0 Å². The molecule has 1 atom stereocenters. The van der Waals surface area contributed by atoms with Gasteiger partial charge in [-0.3, -0.25) is 4.99 Å². The molecule has 0 radical (unpaired) electrons. The summed E-state index contributed by atoms with van der Waals surface area (Å²) in [4.78, 5) is 5.37. The van der Waals surface area contributed by atoms with Gasteiger partial charge in [0.1, 0.15) is 4.90 Å². The van der Waals surface area contributed by atoms with Crippen molar-refractivity contribution >= 4 is 48.7 Å². The molecular formula is C18H20ClN3O5S3. The molecule has 1 aliphatic rings. The molecule has 1 heterocycles. The van der Waals surface area contributed by atoms with Gasteiger partial charge < -0.3 is 4.90 Å². The Morgan fingerprint density at radius 2 is 1.80 bits per heavy atom. The molecule has 1 unspecified atom stereocenters. The van der Waals surface area contributed by atoms with Gasteiger partial charge in [-0.15, -0.1) is 0 Å². The molecule has 0 saturated carbocycles. The van der Waals surface area contributed by atoms with E-state index in [0.717, 1.165) is 5.56 Å². The number of primary sulfonamides is 1. The minimum Gasteiger partial charge on any atom is -0.321 e. The standard InChI is InChI=1S/C18H20ClN3O5S3/c1-12-4-7-14(8-5-12)30(25,26)27-18(11-28-17(21-2)22(18)3)13-6-9-15(19)16(10-13)29(20,23)24/h4-10H,11H2,1-3H3,(H2,20,23,24). The van der Waals surface area contributed by atoms with Crippen molar-refractivity contribution in [3.8, 4) is 0 Å². The van der Waals surface area contributed by atoms with Crippen molar-refractivity contribution in [2.24, 2.45) is 10.1 Å². The van der Waals surface area contributed by atoms with E-state index >= 15 is 0 Å².